The number of fused-ring (bicyclic) bond motifs is 2. The van der Waals surface area contributed by atoms with E-state index >= 15 is 4.39 Å². The first-order valence-electron chi connectivity index (χ1n) is 18.3. The van der Waals surface area contributed by atoms with Crippen LogP contribution in [0, 0.1) is 23.1 Å². The predicted octanol–water partition coefficient (Wildman–Crippen LogP) is 6.56. The van der Waals surface area contributed by atoms with Crippen LogP contribution < -0.4 is 10.1 Å². The molecule has 2 saturated heterocycles. The van der Waals surface area contributed by atoms with Gasteiger partial charge in [0.2, 0.25) is 11.8 Å². The average molecular weight is 772 g/mol. The summed E-state index contributed by atoms with van der Waals surface area (Å²) in [4.78, 5) is 28.0. The van der Waals surface area contributed by atoms with Crippen LogP contribution in [0.5, 0.6) is 5.88 Å². The second-order valence-corrected chi connectivity index (χ2v) is 14.5. The second kappa shape index (κ2) is 14.8. The molecule has 3 aliphatic rings. The van der Waals surface area contributed by atoms with Crippen molar-refractivity contribution in [2.24, 2.45) is 5.92 Å². The van der Waals surface area contributed by atoms with Crippen LogP contribution in [0.15, 0.2) is 52.9 Å². The molecule has 0 spiro atoms. The van der Waals surface area contributed by atoms with Crippen molar-refractivity contribution < 1.29 is 41.7 Å². The van der Waals surface area contributed by atoms with Crippen LogP contribution in [0.2, 0.25) is 0 Å². The third-order valence-electron chi connectivity index (χ3n) is 10.8. The molecule has 1 aliphatic carbocycles. The number of aliphatic carboxylic acids is 1. The number of hydrogen-bond acceptors (Lipinski definition) is 11. The van der Waals surface area contributed by atoms with Gasteiger partial charge in [0.1, 0.15) is 23.1 Å². The van der Waals surface area contributed by atoms with Crippen molar-refractivity contribution in [3.63, 3.8) is 0 Å². The standard InChI is InChI=1S/C40H37F4N7O5/c1-55-38-32(20-51-13-11-24(52)19-51)46-35(40(42,43)44)36(49-38)47-30-9-8-26-25(4-2-5-27(26)30)28-6-3-7-29(33(28)41)37-48-31-15-21(14-23(16-45)34(31)56-37)17-50-12-10-22(18-50)39(53)54/h2-7,14-15,22,24,30,52H,8-13,17-20H2,1H3,(H,47,49)(H,53,54)/t22-,24-,30-/m1/s1. The average Bonchev–Trinajstić information content (AvgIpc) is 3.99. The van der Waals surface area contributed by atoms with E-state index in [1.165, 1.54) is 13.2 Å². The van der Waals surface area contributed by atoms with Crippen molar-refractivity contribution in [2.75, 3.05) is 38.6 Å². The molecule has 5 aromatic rings. The van der Waals surface area contributed by atoms with Crippen LogP contribution in [0.3, 0.4) is 0 Å². The zero-order valence-corrected chi connectivity index (χ0v) is 30.2. The minimum absolute atomic E-state index is 0.0184. The number of β-amino-alcohol motifs (C(OH)–C–C–N with tert-alkyl or cyclic N) is 1. The Labute approximate surface area is 318 Å². The molecule has 3 aromatic carbocycles. The lowest BCUT2D eigenvalue weighted by molar-refractivity contribution is -0.142. The van der Waals surface area contributed by atoms with E-state index in [-0.39, 0.29) is 46.3 Å². The summed E-state index contributed by atoms with van der Waals surface area (Å²) in [5.74, 6) is -2.45. The molecule has 2 aromatic heterocycles. The molecule has 56 heavy (non-hydrogen) atoms. The number of methoxy groups -OCH3 is 1. The topological polar surface area (TPSA) is 161 Å². The number of benzene rings is 3. The lowest BCUT2D eigenvalue weighted by Crippen LogP contribution is -2.25. The van der Waals surface area contributed by atoms with E-state index in [1.54, 1.807) is 47.4 Å². The maximum atomic E-state index is 16.6. The summed E-state index contributed by atoms with van der Waals surface area (Å²) in [5.41, 5.74) is 2.72. The number of anilines is 1. The van der Waals surface area contributed by atoms with Crippen molar-refractivity contribution in [1.29, 1.82) is 5.26 Å². The van der Waals surface area contributed by atoms with Crippen molar-refractivity contribution >= 4 is 22.9 Å². The highest BCUT2D eigenvalue weighted by atomic mass is 19.4. The van der Waals surface area contributed by atoms with Gasteiger partial charge < -0.3 is 24.7 Å². The number of aliphatic hydroxyl groups is 1. The molecular weight excluding hydrogens is 734 g/mol. The number of aromatic nitrogens is 3. The Kier molecular flexibility index (Phi) is 9.85. The second-order valence-electron chi connectivity index (χ2n) is 14.5. The van der Waals surface area contributed by atoms with Gasteiger partial charge in [-0.1, -0.05) is 30.3 Å². The van der Waals surface area contributed by atoms with Gasteiger partial charge in [0.25, 0.3) is 0 Å². The van der Waals surface area contributed by atoms with E-state index in [0.29, 0.717) is 75.1 Å². The Morgan fingerprint density at radius 1 is 1.02 bits per heavy atom. The van der Waals surface area contributed by atoms with Gasteiger partial charge in [0.05, 0.1) is 36.3 Å². The first-order chi connectivity index (χ1) is 26.9. The van der Waals surface area contributed by atoms with Crippen LogP contribution >= 0.6 is 0 Å². The number of likely N-dealkylation sites (tertiary alicyclic amines) is 2. The molecular formula is C40H37F4N7O5. The highest BCUT2D eigenvalue weighted by molar-refractivity contribution is 5.84. The fraction of sp³-hybridized carbons (Fsp3) is 0.375. The van der Waals surface area contributed by atoms with Crippen LogP contribution in [0.25, 0.3) is 33.7 Å². The summed E-state index contributed by atoms with van der Waals surface area (Å²) in [7, 11) is 1.32. The minimum Gasteiger partial charge on any atom is -0.481 e. The summed E-state index contributed by atoms with van der Waals surface area (Å²) in [5, 5.41) is 32.2. The quantitative estimate of drug-likeness (QED) is 0.131. The van der Waals surface area contributed by atoms with E-state index in [9.17, 15) is 33.4 Å². The Morgan fingerprint density at radius 3 is 2.48 bits per heavy atom. The van der Waals surface area contributed by atoms with Crippen LogP contribution in [-0.2, 0) is 30.5 Å². The maximum Gasteiger partial charge on any atom is 0.437 e. The lowest BCUT2D eigenvalue weighted by atomic mass is 9.94. The summed E-state index contributed by atoms with van der Waals surface area (Å²) in [6, 6.07) is 15.1. The molecule has 4 heterocycles. The molecule has 12 nitrogen and oxygen atoms in total. The number of aliphatic hydroxyl groups excluding tert-OH is 1. The van der Waals surface area contributed by atoms with Gasteiger partial charge in [-0.2, -0.15) is 23.4 Å². The van der Waals surface area contributed by atoms with Crippen LogP contribution in [0.4, 0.5) is 23.4 Å². The fourth-order valence-corrected chi connectivity index (χ4v) is 8.13. The molecule has 3 N–H and O–H groups in total. The zero-order valence-electron chi connectivity index (χ0n) is 30.2. The number of ether oxygens (including phenoxy) is 1. The Bertz CT molecular complexity index is 2380. The number of hydrogen-bond donors (Lipinski definition) is 3. The number of carboxylic acid groups (broad SMARTS) is 1. The monoisotopic (exact) mass is 771 g/mol. The molecule has 2 aliphatic heterocycles. The van der Waals surface area contributed by atoms with Gasteiger partial charge in [-0.05, 0) is 72.7 Å². The molecule has 290 valence electrons. The number of carbonyl (C=O) groups is 1. The van der Waals surface area contributed by atoms with Gasteiger partial charge >= 0.3 is 12.1 Å². The van der Waals surface area contributed by atoms with Crippen LogP contribution in [-0.4, -0.2) is 80.3 Å². The van der Waals surface area contributed by atoms with Crippen molar-refractivity contribution in [3.05, 3.63) is 88.0 Å². The summed E-state index contributed by atoms with van der Waals surface area (Å²) >= 11 is 0. The fourth-order valence-electron chi connectivity index (χ4n) is 8.13. The number of nitrogens with zero attached hydrogens (tertiary/aromatic N) is 6. The Balaban J connectivity index is 1.08. The molecule has 8 rings (SSSR count). The number of nitrogens with one attached hydrogen (secondary N) is 1. The molecule has 16 heteroatoms. The van der Waals surface area contributed by atoms with Gasteiger partial charge in [-0.15, -0.1) is 0 Å². The smallest absolute Gasteiger partial charge is 0.437 e. The van der Waals surface area contributed by atoms with E-state index in [4.69, 9.17) is 9.15 Å². The van der Waals surface area contributed by atoms with E-state index in [2.05, 4.69) is 26.3 Å². The van der Waals surface area contributed by atoms with Gasteiger partial charge in [0.15, 0.2) is 17.1 Å². The normalized spacial score (nSPS) is 20.1. The Hall–Kier alpha value is -5.63. The third-order valence-corrected chi connectivity index (χ3v) is 10.8. The maximum absolute atomic E-state index is 16.6. The summed E-state index contributed by atoms with van der Waals surface area (Å²) in [6.45, 7) is 2.28. The molecule has 0 unspecified atom stereocenters. The minimum atomic E-state index is -4.83. The number of carboxylic acids is 1. The van der Waals surface area contributed by atoms with E-state index in [1.807, 2.05) is 4.90 Å². The first-order valence-corrected chi connectivity index (χ1v) is 18.3. The highest BCUT2D eigenvalue weighted by Gasteiger charge is 2.40. The molecule has 2 fully saturated rings. The summed E-state index contributed by atoms with van der Waals surface area (Å²) < 4.78 is 71.3. The van der Waals surface area contributed by atoms with Crippen LogP contribution in [0.1, 0.15) is 58.9 Å². The molecule has 0 radical (unpaired) electrons. The van der Waals surface area contributed by atoms with Gasteiger partial charge in [-0.3, -0.25) is 14.6 Å². The third kappa shape index (κ3) is 7.13. The van der Waals surface area contributed by atoms with Gasteiger partial charge in [0, 0.05) is 38.3 Å². The molecule has 0 saturated carbocycles. The number of rotatable bonds is 10. The number of alkyl halides is 3. The SMILES string of the molecule is COc1nc(N[C@@H]2CCc3c(-c4cccc(-c5nc6cc(CN7CC[C@@H](C(=O)O)C7)cc(C#N)c6o5)c4F)cccc32)c(C(F)(F)F)nc1CN1CC[C@@H](O)C1. The van der Waals surface area contributed by atoms with Crippen molar-refractivity contribution in [1.82, 2.24) is 24.8 Å². The summed E-state index contributed by atoms with van der Waals surface area (Å²) in [6.07, 6.45) is -3.49. The molecule has 0 bridgehead atoms. The van der Waals surface area contributed by atoms with E-state index in [0.717, 1.165) is 11.1 Å². The molecule has 0 amide bonds. The number of oxazole rings is 1. The highest BCUT2D eigenvalue weighted by Crippen LogP contribution is 2.43. The zero-order chi connectivity index (χ0) is 39.3. The van der Waals surface area contributed by atoms with E-state index < -0.39 is 47.5 Å². The first kappa shape index (κ1) is 37.3. The lowest BCUT2D eigenvalue weighted by Gasteiger charge is -2.22. The predicted molar refractivity (Wildman–Crippen MR) is 195 cm³/mol. The Morgan fingerprint density at radius 2 is 1.77 bits per heavy atom. The number of nitriles is 1. The van der Waals surface area contributed by atoms with Crippen molar-refractivity contribution in [2.45, 2.75) is 57.1 Å². The molecule has 3 atom stereocenters. The largest absolute Gasteiger partial charge is 0.481 e. The van der Waals surface area contributed by atoms with Crippen molar-refractivity contribution in [3.8, 4) is 34.5 Å². The number of halogens is 4. The van der Waals surface area contributed by atoms with Gasteiger partial charge in [-0.25, -0.2) is 14.4 Å².